The smallest absolute Gasteiger partial charge is 0.261 e. The van der Waals surface area contributed by atoms with Gasteiger partial charge in [0.2, 0.25) is 6.33 Å². The van der Waals surface area contributed by atoms with Crippen LogP contribution in [-0.4, -0.2) is 95.9 Å². The van der Waals surface area contributed by atoms with Gasteiger partial charge in [0.05, 0.1) is 19.4 Å². The molecule has 1 aromatic heterocycles. The number of nitrogens with zero attached hydrogens (tertiary/aromatic N) is 6. The number of unbranched alkanes of at least 4 members (excludes halogenated alkanes) is 6. The molecule has 0 radical (unpaired) electrons. The molecular weight excluding hydrogens is 789 g/mol. The first-order valence-corrected chi connectivity index (χ1v) is 22.9. The SMILES string of the molecule is C=CN(C=NCCCCn1cc[n+](CCCCCNc2ccc3c4c(cccc24)C(=O)N(CCCC)C3=O)c1)CCCCCNc1ccc(C(=O)N(C)CC)c2c(C=O)cccc12. The molecule has 5 aromatic rings. The zero-order valence-corrected chi connectivity index (χ0v) is 37.5. The number of rotatable bonds is 27. The van der Waals surface area contributed by atoms with Gasteiger partial charge in [0.25, 0.3) is 17.7 Å². The van der Waals surface area contributed by atoms with E-state index >= 15 is 0 Å². The molecule has 0 spiro atoms. The van der Waals surface area contributed by atoms with Crippen molar-refractivity contribution in [3.8, 4) is 0 Å². The summed E-state index contributed by atoms with van der Waals surface area (Å²) in [5.74, 6) is -0.471. The van der Waals surface area contributed by atoms with Crippen LogP contribution < -0.4 is 15.2 Å². The van der Waals surface area contributed by atoms with E-state index in [0.29, 0.717) is 40.7 Å². The fraction of sp³-hybridized carbons (Fsp3) is 0.412. The van der Waals surface area contributed by atoms with Crippen LogP contribution in [-0.2, 0) is 13.1 Å². The Hall–Kier alpha value is -6.30. The molecule has 0 unspecified atom stereocenters. The number of hydrogen-bond donors (Lipinski definition) is 2. The summed E-state index contributed by atoms with van der Waals surface area (Å²) in [5.41, 5.74) is 4.19. The lowest BCUT2D eigenvalue weighted by atomic mass is 9.93. The number of aliphatic imine (C=N–C) groups is 1. The van der Waals surface area contributed by atoms with Gasteiger partial charge in [0, 0.05) is 101 Å². The van der Waals surface area contributed by atoms with Crippen molar-refractivity contribution < 1.29 is 23.7 Å². The predicted octanol–water partition coefficient (Wildman–Crippen LogP) is 9.20. The Morgan fingerprint density at radius 3 is 2.21 bits per heavy atom. The van der Waals surface area contributed by atoms with Crippen LogP contribution in [0.2, 0.25) is 0 Å². The van der Waals surface area contributed by atoms with Crippen LogP contribution in [0.15, 0.2) is 97.2 Å². The van der Waals surface area contributed by atoms with E-state index in [0.717, 1.165) is 137 Å². The Labute approximate surface area is 372 Å². The van der Waals surface area contributed by atoms with Gasteiger partial charge in [-0.1, -0.05) is 50.3 Å². The van der Waals surface area contributed by atoms with Crippen molar-refractivity contribution in [2.45, 2.75) is 91.1 Å². The summed E-state index contributed by atoms with van der Waals surface area (Å²) in [7, 11) is 1.77. The molecule has 1 aliphatic rings. The molecule has 0 aliphatic carbocycles. The van der Waals surface area contributed by atoms with Crippen LogP contribution in [0.4, 0.5) is 11.4 Å². The van der Waals surface area contributed by atoms with Crippen LogP contribution in [0, 0.1) is 0 Å². The van der Waals surface area contributed by atoms with E-state index < -0.39 is 0 Å². The summed E-state index contributed by atoms with van der Waals surface area (Å²) in [6.07, 6.45) is 21.1. The number of carbonyl (C=O) groups excluding carboxylic acids is 4. The lowest BCUT2D eigenvalue weighted by Gasteiger charge is -2.27. The number of benzene rings is 4. The van der Waals surface area contributed by atoms with Crippen LogP contribution >= 0.6 is 0 Å². The number of hydrogen-bond acceptors (Lipinski definition) is 7. The minimum atomic E-state index is -0.191. The summed E-state index contributed by atoms with van der Waals surface area (Å²) in [4.78, 5) is 61.1. The molecule has 0 bridgehead atoms. The van der Waals surface area contributed by atoms with Crippen LogP contribution in [0.5, 0.6) is 0 Å². The molecule has 0 atom stereocenters. The van der Waals surface area contributed by atoms with E-state index in [1.54, 1.807) is 18.0 Å². The number of amides is 3. The number of aldehydes is 1. The number of aromatic nitrogens is 2. The van der Waals surface area contributed by atoms with Gasteiger partial charge in [-0.15, -0.1) is 0 Å². The standard InChI is InChI=1S/C51H64N8O4/c1-5-8-33-59-50(62)42-22-18-21-41-46(26-24-44(48(41)42)51(59)63)54-29-12-10-15-31-57-34-35-58(38-57)32-16-13-27-52-37-56(7-3)30-14-9-11-28-53-45-25-23-43(49(61)55(4)6-2)47-39(36-60)19-17-20-40(45)47/h7,17-26,34-38H,3,5-6,8-16,27-33H2,1-2,4H3,(H-,53,54,60,61,62,63)/p+1. The van der Waals surface area contributed by atoms with E-state index in [-0.39, 0.29) is 17.7 Å². The van der Waals surface area contributed by atoms with Crippen molar-refractivity contribution in [1.29, 1.82) is 0 Å². The zero-order chi connectivity index (χ0) is 44.6. The number of imidazole rings is 1. The van der Waals surface area contributed by atoms with Gasteiger partial charge < -0.3 is 20.4 Å². The van der Waals surface area contributed by atoms with Crippen molar-refractivity contribution in [2.24, 2.45) is 4.99 Å². The van der Waals surface area contributed by atoms with E-state index in [2.05, 4.69) is 61.9 Å². The van der Waals surface area contributed by atoms with Crippen LogP contribution in [0.1, 0.15) is 119 Å². The van der Waals surface area contributed by atoms with Crippen molar-refractivity contribution >= 4 is 63.3 Å². The second-order valence-corrected chi connectivity index (χ2v) is 16.4. The van der Waals surface area contributed by atoms with Crippen molar-refractivity contribution in [1.82, 2.24) is 19.3 Å². The first kappa shape index (κ1) is 46.2. The monoisotopic (exact) mass is 854 g/mol. The van der Waals surface area contributed by atoms with Gasteiger partial charge in [-0.05, 0) is 101 Å². The summed E-state index contributed by atoms with van der Waals surface area (Å²) >= 11 is 0. The second-order valence-electron chi connectivity index (χ2n) is 16.4. The fourth-order valence-corrected chi connectivity index (χ4v) is 8.23. The highest BCUT2D eigenvalue weighted by atomic mass is 16.2. The highest BCUT2D eigenvalue weighted by molar-refractivity contribution is 6.26. The summed E-state index contributed by atoms with van der Waals surface area (Å²) < 4.78 is 4.51. The van der Waals surface area contributed by atoms with Crippen molar-refractivity contribution in [3.05, 3.63) is 114 Å². The Morgan fingerprint density at radius 2 is 1.49 bits per heavy atom. The normalized spacial score (nSPS) is 12.4. The quantitative estimate of drug-likeness (QED) is 0.0135. The Balaban J connectivity index is 0.831. The Kier molecular flexibility index (Phi) is 17.0. The third kappa shape index (κ3) is 11.6. The highest BCUT2D eigenvalue weighted by Gasteiger charge is 2.32. The molecule has 1 aliphatic heterocycles. The maximum absolute atomic E-state index is 13.2. The van der Waals surface area contributed by atoms with Crippen LogP contribution in [0.3, 0.4) is 0 Å². The average Bonchev–Trinajstić information content (AvgIpc) is 3.77. The number of aryl methyl sites for hydroxylation is 2. The molecular formula is C51H65N8O4+. The summed E-state index contributed by atoms with van der Waals surface area (Å²) in [6, 6.07) is 19.0. The first-order valence-electron chi connectivity index (χ1n) is 22.9. The van der Waals surface area contributed by atoms with Gasteiger partial charge in [-0.2, -0.15) is 0 Å². The average molecular weight is 854 g/mol. The first-order chi connectivity index (χ1) is 30.8. The Morgan fingerprint density at radius 1 is 0.794 bits per heavy atom. The third-order valence-electron chi connectivity index (χ3n) is 12.0. The van der Waals surface area contributed by atoms with Crippen LogP contribution in [0.25, 0.3) is 21.5 Å². The van der Waals surface area contributed by atoms with E-state index in [1.807, 2.05) is 74.1 Å². The Bertz CT molecular complexity index is 2380. The highest BCUT2D eigenvalue weighted by Crippen LogP contribution is 2.35. The van der Waals surface area contributed by atoms with E-state index in [1.165, 1.54) is 4.90 Å². The van der Waals surface area contributed by atoms with Gasteiger partial charge in [-0.25, -0.2) is 9.13 Å². The number of nitrogens with one attached hydrogen (secondary N) is 2. The molecule has 4 aromatic carbocycles. The molecule has 0 saturated carbocycles. The zero-order valence-electron chi connectivity index (χ0n) is 37.5. The van der Waals surface area contributed by atoms with E-state index in [9.17, 15) is 19.2 Å². The van der Waals surface area contributed by atoms with Crippen molar-refractivity contribution in [3.63, 3.8) is 0 Å². The summed E-state index contributed by atoms with van der Waals surface area (Å²) in [6.45, 7) is 14.2. The lowest BCUT2D eigenvalue weighted by molar-refractivity contribution is -0.696. The lowest BCUT2D eigenvalue weighted by Crippen LogP contribution is -2.40. The maximum atomic E-state index is 13.2. The number of imide groups is 1. The fourth-order valence-electron chi connectivity index (χ4n) is 8.23. The van der Waals surface area contributed by atoms with Crippen molar-refractivity contribution in [2.75, 3.05) is 56.9 Å². The molecule has 2 N–H and O–H groups in total. The molecule has 63 heavy (non-hydrogen) atoms. The number of fused-ring (bicyclic) bond motifs is 1. The van der Waals surface area contributed by atoms with Gasteiger partial charge in [-0.3, -0.25) is 29.1 Å². The minimum absolute atomic E-state index is 0.0896. The number of anilines is 2. The third-order valence-corrected chi connectivity index (χ3v) is 12.0. The van der Waals surface area contributed by atoms with Gasteiger partial charge >= 0.3 is 0 Å². The van der Waals surface area contributed by atoms with Gasteiger partial charge in [0.1, 0.15) is 12.4 Å². The van der Waals surface area contributed by atoms with E-state index in [4.69, 9.17) is 0 Å². The molecule has 332 valence electrons. The molecule has 12 heteroatoms. The molecule has 3 amide bonds. The predicted molar refractivity (Wildman–Crippen MR) is 255 cm³/mol. The molecule has 6 rings (SSSR count). The maximum Gasteiger partial charge on any atom is 0.261 e. The van der Waals surface area contributed by atoms with Gasteiger partial charge in [0.15, 0.2) is 6.29 Å². The molecule has 2 heterocycles. The number of carbonyl (C=O) groups is 4. The second kappa shape index (κ2) is 23.2. The largest absolute Gasteiger partial charge is 0.385 e. The molecule has 0 saturated heterocycles. The molecule has 12 nitrogen and oxygen atoms in total. The topological polar surface area (TPSA) is 123 Å². The minimum Gasteiger partial charge on any atom is -0.385 e. The summed E-state index contributed by atoms with van der Waals surface area (Å²) in [5, 5.41) is 10.4. The molecule has 0 fully saturated rings.